The zero-order valence-electron chi connectivity index (χ0n) is 4.69. The lowest BCUT2D eigenvalue weighted by atomic mass is 10.1. The highest BCUT2D eigenvalue weighted by atomic mass is 19.1. The Kier molecular flexibility index (Phi) is 1.46. The van der Waals surface area contributed by atoms with Gasteiger partial charge in [-0.2, -0.15) is 0 Å². The molecule has 1 unspecified atom stereocenters. The van der Waals surface area contributed by atoms with Gasteiger partial charge in [0.2, 0.25) is 5.91 Å². The molecule has 1 rings (SSSR count). The molecule has 50 valence electrons. The van der Waals surface area contributed by atoms with E-state index in [0.29, 0.717) is 0 Å². The van der Waals surface area contributed by atoms with Crippen LogP contribution in [0.4, 0.5) is 4.39 Å². The summed E-state index contributed by atoms with van der Waals surface area (Å²) < 4.78 is 12.2. The molecule has 1 aliphatic heterocycles. The van der Waals surface area contributed by atoms with Crippen LogP contribution in [0.15, 0.2) is 0 Å². The number of nitrogens with one attached hydrogen (secondary N) is 1. The van der Waals surface area contributed by atoms with Crippen molar-refractivity contribution >= 4 is 11.8 Å². The summed E-state index contributed by atoms with van der Waals surface area (Å²) in [6.07, 6.45) is -1.33. The van der Waals surface area contributed by atoms with Crippen LogP contribution in [0.1, 0.15) is 12.8 Å². The Balaban J connectivity index is 2.54. The van der Waals surface area contributed by atoms with Crippen molar-refractivity contribution < 1.29 is 14.0 Å². The van der Waals surface area contributed by atoms with Crippen molar-refractivity contribution in [2.75, 3.05) is 0 Å². The molecule has 0 aromatic rings. The first-order chi connectivity index (χ1) is 4.20. The number of amides is 2. The predicted molar refractivity (Wildman–Crippen MR) is 27.3 cm³/mol. The lowest BCUT2D eigenvalue weighted by molar-refractivity contribution is -0.137. The van der Waals surface area contributed by atoms with Crippen LogP contribution in [0, 0.1) is 0 Å². The molecule has 1 heterocycles. The van der Waals surface area contributed by atoms with Crippen molar-refractivity contribution in [1.29, 1.82) is 0 Å². The van der Waals surface area contributed by atoms with E-state index in [4.69, 9.17) is 0 Å². The van der Waals surface area contributed by atoms with Gasteiger partial charge in [0.1, 0.15) is 0 Å². The summed E-state index contributed by atoms with van der Waals surface area (Å²) in [5, 5.41) is 1.88. The maximum atomic E-state index is 12.2. The molecule has 0 saturated carbocycles. The maximum absolute atomic E-state index is 12.2. The van der Waals surface area contributed by atoms with E-state index in [1.807, 2.05) is 5.32 Å². The van der Waals surface area contributed by atoms with E-state index in [0.717, 1.165) is 0 Å². The number of carbonyl (C=O) groups is 2. The summed E-state index contributed by atoms with van der Waals surface area (Å²) in [7, 11) is 0. The average Bonchev–Trinajstić information content (AvgIpc) is 1.80. The van der Waals surface area contributed by atoms with E-state index in [9.17, 15) is 14.0 Å². The Morgan fingerprint density at radius 1 is 1.56 bits per heavy atom. The molecule has 9 heavy (non-hydrogen) atoms. The number of carbonyl (C=O) groups excluding carboxylic acids is 2. The van der Waals surface area contributed by atoms with Gasteiger partial charge in [-0.25, -0.2) is 4.39 Å². The number of hydrogen-bond donors (Lipinski definition) is 1. The lowest BCUT2D eigenvalue weighted by Gasteiger charge is -2.12. The molecule has 0 spiro atoms. The fourth-order valence-corrected chi connectivity index (χ4v) is 0.667. The monoisotopic (exact) mass is 131 g/mol. The molecule has 0 aromatic carbocycles. The first-order valence-electron chi connectivity index (χ1n) is 2.68. The van der Waals surface area contributed by atoms with Crippen molar-refractivity contribution in [3.05, 3.63) is 0 Å². The number of imide groups is 1. The average molecular weight is 131 g/mol. The molecule has 3 nitrogen and oxygen atoms in total. The Hall–Kier alpha value is -0.930. The highest BCUT2D eigenvalue weighted by Gasteiger charge is 2.25. The number of rotatable bonds is 0. The van der Waals surface area contributed by atoms with Crippen LogP contribution in [0.2, 0.25) is 0 Å². The second-order valence-electron chi connectivity index (χ2n) is 1.92. The van der Waals surface area contributed by atoms with E-state index in [1.54, 1.807) is 0 Å². The Morgan fingerprint density at radius 2 is 2.22 bits per heavy atom. The fraction of sp³-hybridized carbons (Fsp3) is 0.600. The minimum atomic E-state index is -1.48. The van der Waals surface area contributed by atoms with Crippen molar-refractivity contribution in [1.82, 2.24) is 5.32 Å². The largest absolute Gasteiger partial charge is 0.294 e. The lowest BCUT2D eigenvalue weighted by Crippen LogP contribution is -2.41. The van der Waals surface area contributed by atoms with Gasteiger partial charge in [0.25, 0.3) is 5.91 Å². The van der Waals surface area contributed by atoms with Crippen molar-refractivity contribution in [2.24, 2.45) is 0 Å². The van der Waals surface area contributed by atoms with Crippen molar-refractivity contribution in [2.45, 2.75) is 19.0 Å². The minimum absolute atomic E-state index is 0.0324. The SMILES string of the molecule is O=C1CCC(F)C(=O)N1. The normalized spacial score (nSPS) is 27.9. The van der Waals surface area contributed by atoms with Crippen LogP contribution >= 0.6 is 0 Å². The van der Waals surface area contributed by atoms with Gasteiger partial charge in [0.05, 0.1) is 0 Å². The van der Waals surface area contributed by atoms with Crippen LogP contribution in [0.25, 0.3) is 0 Å². The molecule has 4 heteroatoms. The molecule has 2 amide bonds. The second kappa shape index (κ2) is 2.13. The van der Waals surface area contributed by atoms with Gasteiger partial charge in [-0.15, -0.1) is 0 Å². The molecule has 0 bridgehead atoms. The maximum Gasteiger partial charge on any atom is 0.261 e. The Labute approximate surface area is 51.2 Å². The summed E-state index contributed by atoms with van der Waals surface area (Å²) in [6.45, 7) is 0. The van der Waals surface area contributed by atoms with E-state index >= 15 is 0 Å². The number of alkyl halides is 1. The van der Waals surface area contributed by atoms with Crippen LogP contribution in [0.5, 0.6) is 0 Å². The summed E-state index contributed by atoms with van der Waals surface area (Å²) in [5.41, 5.74) is 0. The van der Waals surface area contributed by atoms with Gasteiger partial charge in [-0.05, 0) is 6.42 Å². The van der Waals surface area contributed by atoms with E-state index in [1.165, 1.54) is 0 Å². The molecule has 0 aromatic heterocycles. The van der Waals surface area contributed by atoms with Crippen molar-refractivity contribution in [3.63, 3.8) is 0 Å². The molecule has 1 aliphatic rings. The fourth-order valence-electron chi connectivity index (χ4n) is 0.667. The Morgan fingerprint density at radius 3 is 2.67 bits per heavy atom. The minimum Gasteiger partial charge on any atom is -0.294 e. The molecule has 1 N–H and O–H groups in total. The van der Waals surface area contributed by atoms with Gasteiger partial charge in [0, 0.05) is 6.42 Å². The third-order valence-corrected chi connectivity index (χ3v) is 1.17. The number of halogens is 1. The van der Waals surface area contributed by atoms with Crippen molar-refractivity contribution in [3.8, 4) is 0 Å². The van der Waals surface area contributed by atoms with Gasteiger partial charge >= 0.3 is 0 Å². The van der Waals surface area contributed by atoms with Gasteiger partial charge in [0.15, 0.2) is 6.17 Å². The van der Waals surface area contributed by atoms with E-state index in [2.05, 4.69) is 0 Å². The quantitative estimate of drug-likeness (QED) is 0.461. The molecule has 0 aliphatic carbocycles. The zero-order valence-corrected chi connectivity index (χ0v) is 4.69. The summed E-state index contributed by atoms with van der Waals surface area (Å²) in [6, 6.07) is 0. The van der Waals surface area contributed by atoms with Gasteiger partial charge in [-0.3, -0.25) is 14.9 Å². The highest BCUT2D eigenvalue weighted by Crippen LogP contribution is 2.06. The smallest absolute Gasteiger partial charge is 0.261 e. The molecule has 1 atom stereocenters. The van der Waals surface area contributed by atoms with Gasteiger partial charge in [-0.1, -0.05) is 0 Å². The van der Waals surface area contributed by atoms with Crippen LogP contribution in [-0.2, 0) is 9.59 Å². The standard InChI is InChI=1S/C5H6FNO2/c6-3-1-2-4(8)7-5(3)9/h3H,1-2H2,(H,7,8,9). The number of piperidine rings is 1. The van der Waals surface area contributed by atoms with Crippen LogP contribution in [0.3, 0.4) is 0 Å². The third kappa shape index (κ3) is 1.25. The highest BCUT2D eigenvalue weighted by molar-refractivity contribution is 5.99. The molecule has 0 radical (unpaired) electrons. The van der Waals surface area contributed by atoms with Crippen LogP contribution < -0.4 is 5.32 Å². The van der Waals surface area contributed by atoms with E-state index in [-0.39, 0.29) is 18.7 Å². The first-order valence-corrected chi connectivity index (χ1v) is 2.68. The molecular weight excluding hydrogens is 125 g/mol. The Bertz CT molecular complexity index is 157. The molecule has 1 fully saturated rings. The van der Waals surface area contributed by atoms with Crippen LogP contribution in [-0.4, -0.2) is 18.0 Å². The second-order valence-corrected chi connectivity index (χ2v) is 1.92. The summed E-state index contributed by atoms with van der Waals surface area (Å²) in [5.74, 6) is -1.18. The van der Waals surface area contributed by atoms with Gasteiger partial charge < -0.3 is 0 Å². The molecule has 1 saturated heterocycles. The number of hydrogen-bond acceptors (Lipinski definition) is 2. The molecular formula is C5H6FNO2. The first kappa shape index (κ1) is 6.19. The summed E-state index contributed by atoms with van der Waals surface area (Å²) >= 11 is 0. The topological polar surface area (TPSA) is 46.2 Å². The third-order valence-electron chi connectivity index (χ3n) is 1.17. The summed E-state index contributed by atoms with van der Waals surface area (Å²) in [4.78, 5) is 20.6. The van der Waals surface area contributed by atoms with E-state index < -0.39 is 12.1 Å². The predicted octanol–water partition coefficient (Wildman–Crippen LogP) is -0.239. The zero-order chi connectivity index (χ0) is 6.85.